The van der Waals surface area contributed by atoms with E-state index in [2.05, 4.69) is 0 Å². The molecule has 0 bridgehead atoms. The van der Waals surface area contributed by atoms with E-state index in [1.54, 1.807) is 0 Å². The summed E-state index contributed by atoms with van der Waals surface area (Å²) in [5.74, 6) is -3.78. The van der Waals surface area contributed by atoms with Crippen LogP contribution in [0.3, 0.4) is 0 Å². The standard InChI is InChI=1S/C19H19NO7/c20-7-1-2-17(25)27-19(11-3-5-12(21)6-4-11)10-15(24)18-14(23)8-13(22)9-16(18)26-19/h3-6,8-9,21-23H,1-2,7,10,20H2. The third-order valence-electron chi connectivity index (χ3n) is 4.18. The summed E-state index contributed by atoms with van der Waals surface area (Å²) in [6, 6.07) is 7.86. The average molecular weight is 373 g/mol. The van der Waals surface area contributed by atoms with Gasteiger partial charge >= 0.3 is 5.97 Å². The maximum Gasteiger partial charge on any atom is 0.309 e. The van der Waals surface area contributed by atoms with Crippen LogP contribution in [0, 0.1) is 0 Å². The summed E-state index contributed by atoms with van der Waals surface area (Å²) < 4.78 is 11.4. The molecule has 0 saturated heterocycles. The minimum Gasteiger partial charge on any atom is -0.508 e. The molecule has 0 amide bonds. The second-order valence-corrected chi connectivity index (χ2v) is 6.21. The Kier molecular flexibility index (Phi) is 4.91. The van der Waals surface area contributed by atoms with Gasteiger partial charge in [-0.3, -0.25) is 9.59 Å². The largest absolute Gasteiger partial charge is 0.508 e. The number of esters is 1. The number of ether oxygens (including phenoxy) is 2. The first-order valence-electron chi connectivity index (χ1n) is 8.34. The second-order valence-electron chi connectivity index (χ2n) is 6.21. The van der Waals surface area contributed by atoms with E-state index in [1.165, 1.54) is 24.3 Å². The van der Waals surface area contributed by atoms with Crippen molar-refractivity contribution >= 4 is 11.8 Å². The molecule has 0 fully saturated rings. The highest BCUT2D eigenvalue weighted by Gasteiger charge is 2.47. The van der Waals surface area contributed by atoms with Crippen molar-refractivity contribution in [1.82, 2.24) is 0 Å². The Morgan fingerprint density at radius 3 is 2.52 bits per heavy atom. The van der Waals surface area contributed by atoms with Gasteiger partial charge in [0.2, 0.25) is 0 Å². The number of aromatic hydroxyl groups is 3. The molecule has 5 N–H and O–H groups in total. The van der Waals surface area contributed by atoms with E-state index in [0.717, 1.165) is 12.1 Å². The summed E-state index contributed by atoms with van der Waals surface area (Å²) in [6.07, 6.45) is 0.0557. The second kappa shape index (κ2) is 7.16. The molecule has 0 spiro atoms. The van der Waals surface area contributed by atoms with Crippen LogP contribution < -0.4 is 10.5 Å². The summed E-state index contributed by atoms with van der Waals surface area (Å²) in [7, 11) is 0. The normalized spacial score (nSPS) is 18.5. The molecule has 8 heteroatoms. The number of fused-ring (bicyclic) bond motifs is 1. The molecule has 3 rings (SSSR count). The molecule has 0 radical (unpaired) electrons. The zero-order valence-corrected chi connectivity index (χ0v) is 14.3. The van der Waals surface area contributed by atoms with E-state index in [0.29, 0.717) is 18.5 Å². The quantitative estimate of drug-likeness (QED) is 0.583. The van der Waals surface area contributed by atoms with Gasteiger partial charge in [0, 0.05) is 24.1 Å². The van der Waals surface area contributed by atoms with Crippen LogP contribution in [-0.2, 0) is 15.3 Å². The van der Waals surface area contributed by atoms with E-state index in [-0.39, 0.29) is 35.7 Å². The first-order chi connectivity index (χ1) is 12.8. The highest BCUT2D eigenvalue weighted by atomic mass is 16.7. The first kappa shape index (κ1) is 18.5. The topological polar surface area (TPSA) is 139 Å². The molecule has 2 aromatic rings. The third kappa shape index (κ3) is 3.65. The Morgan fingerprint density at radius 1 is 1.15 bits per heavy atom. The molecule has 1 heterocycles. The number of nitrogens with two attached hydrogens (primary N) is 1. The van der Waals surface area contributed by atoms with E-state index in [9.17, 15) is 24.9 Å². The molecule has 0 aliphatic carbocycles. The maximum atomic E-state index is 12.7. The van der Waals surface area contributed by atoms with Gasteiger partial charge < -0.3 is 30.5 Å². The lowest BCUT2D eigenvalue weighted by Gasteiger charge is -2.37. The molecule has 27 heavy (non-hydrogen) atoms. The van der Waals surface area contributed by atoms with Crippen LogP contribution in [0.15, 0.2) is 36.4 Å². The van der Waals surface area contributed by atoms with Gasteiger partial charge in [-0.1, -0.05) is 0 Å². The molecule has 0 saturated carbocycles. The predicted molar refractivity (Wildman–Crippen MR) is 93.5 cm³/mol. The number of carbonyl (C=O) groups is 2. The minimum absolute atomic E-state index is 0.0128. The van der Waals surface area contributed by atoms with Crippen molar-refractivity contribution in [2.45, 2.75) is 25.0 Å². The maximum absolute atomic E-state index is 12.7. The molecule has 1 atom stereocenters. The average Bonchev–Trinajstić information content (AvgIpc) is 2.59. The number of carbonyl (C=O) groups excluding carboxylic acids is 2. The number of phenols is 3. The smallest absolute Gasteiger partial charge is 0.309 e. The number of benzene rings is 2. The fourth-order valence-corrected chi connectivity index (χ4v) is 2.93. The highest BCUT2D eigenvalue weighted by Crippen LogP contribution is 2.45. The fraction of sp³-hybridized carbons (Fsp3) is 0.263. The lowest BCUT2D eigenvalue weighted by molar-refractivity contribution is -0.204. The summed E-state index contributed by atoms with van der Waals surface area (Å²) in [6.45, 7) is 0.297. The minimum atomic E-state index is -1.79. The lowest BCUT2D eigenvalue weighted by atomic mass is 9.92. The van der Waals surface area contributed by atoms with Crippen molar-refractivity contribution in [1.29, 1.82) is 0 Å². The van der Waals surface area contributed by atoms with Gasteiger partial charge in [-0.05, 0) is 37.2 Å². The molecule has 1 aliphatic rings. The fourth-order valence-electron chi connectivity index (χ4n) is 2.93. The predicted octanol–water partition coefficient (Wildman–Crippen LogP) is 1.90. The van der Waals surface area contributed by atoms with Crippen molar-refractivity contribution < 1.29 is 34.4 Å². The van der Waals surface area contributed by atoms with Crippen molar-refractivity contribution in [2.24, 2.45) is 5.73 Å². The van der Waals surface area contributed by atoms with Gasteiger partial charge in [0.25, 0.3) is 5.79 Å². The zero-order valence-electron chi connectivity index (χ0n) is 14.3. The van der Waals surface area contributed by atoms with E-state index < -0.39 is 23.3 Å². The Morgan fingerprint density at radius 2 is 1.85 bits per heavy atom. The molecule has 0 aromatic heterocycles. The van der Waals surface area contributed by atoms with Crippen LogP contribution in [0.1, 0.15) is 35.2 Å². The van der Waals surface area contributed by atoms with Crippen LogP contribution in [0.25, 0.3) is 0 Å². The molecule has 2 aromatic carbocycles. The van der Waals surface area contributed by atoms with Crippen molar-refractivity contribution in [2.75, 3.05) is 6.54 Å². The summed E-state index contributed by atoms with van der Waals surface area (Å²) >= 11 is 0. The van der Waals surface area contributed by atoms with Crippen molar-refractivity contribution in [3.63, 3.8) is 0 Å². The molecule has 8 nitrogen and oxygen atoms in total. The molecular weight excluding hydrogens is 354 g/mol. The van der Waals surface area contributed by atoms with Gasteiger partial charge in [-0.15, -0.1) is 0 Å². The van der Waals surface area contributed by atoms with Crippen molar-refractivity contribution in [3.05, 3.63) is 47.5 Å². The van der Waals surface area contributed by atoms with Gasteiger partial charge in [0.15, 0.2) is 5.78 Å². The molecule has 1 unspecified atom stereocenters. The Labute approximate surface area is 154 Å². The van der Waals surface area contributed by atoms with Gasteiger partial charge in [0.05, 0.1) is 6.42 Å². The van der Waals surface area contributed by atoms with Crippen LogP contribution in [0.4, 0.5) is 0 Å². The van der Waals surface area contributed by atoms with Gasteiger partial charge in [0.1, 0.15) is 28.6 Å². The SMILES string of the molecule is NCCCC(=O)OC1(c2ccc(O)cc2)CC(=O)c2c(O)cc(O)cc2O1. The molecule has 1 aliphatic heterocycles. The van der Waals surface area contributed by atoms with Crippen LogP contribution in [0.5, 0.6) is 23.0 Å². The van der Waals surface area contributed by atoms with E-state index in [4.69, 9.17) is 15.2 Å². The lowest BCUT2D eigenvalue weighted by Crippen LogP contribution is -2.43. The Balaban J connectivity index is 2.06. The Bertz CT molecular complexity index is 878. The number of hydrogen-bond acceptors (Lipinski definition) is 8. The number of phenolic OH excluding ortho intramolecular Hbond substituents is 3. The summed E-state index contributed by atoms with van der Waals surface area (Å²) in [4.78, 5) is 24.9. The first-order valence-corrected chi connectivity index (χ1v) is 8.34. The highest BCUT2D eigenvalue weighted by molar-refractivity contribution is 6.03. The Hall–Kier alpha value is -3.26. The van der Waals surface area contributed by atoms with Gasteiger partial charge in [-0.2, -0.15) is 0 Å². The zero-order chi connectivity index (χ0) is 19.6. The number of ketones is 1. The van der Waals surface area contributed by atoms with Crippen LogP contribution in [0.2, 0.25) is 0 Å². The monoisotopic (exact) mass is 373 g/mol. The van der Waals surface area contributed by atoms with Crippen LogP contribution in [-0.4, -0.2) is 33.6 Å². The number of rotatable bonds is 5. The summed E-state index contributed by atoms with van der Waals surface area (Å²) in [5, 5.41) is 29.2. The van der Waals surface area contributed by atoms with Crippen molar-refractivity contribution in [3.8, 4) is 23.0 Å². The molecule has 142 valence electrons. The van der Waals surface area contributed by atoms with Crippen LogP contribution >= 0.6 is 0 Å². The number of Topliss-reactive ketones (excluding diaryl/α,β-unsaturated/α-hetero) is 1. The molecular formula is C19H19NO7. The number of hydrogen-bond donors (Lipinski definition) is 4. The third-order valence-corrected chi connectivity index (χ3v) is 4.18. The van der Waals surface area contributed by atoms with Gasteiger partial charge in [-0.25, -0.2) is 0 Å². The summed E-state index contributed by atoms with van der Waals surface area (Å²) in [5.41, 5.74) is 5.64. The van der Waals surface area contributed by atoms with E-state index in [1.807, 2.05) is 0 Å². The van der Waals surface area contributed by atoms with E-state index >= 15 is 0 Å².